The molecule has 0 radical (unpaired) electrons. The Balaban J connectivity index is 1.52. The van der Waals surface area contributed by atoms with Gasteiger partial charge < -0.3 is 14.2 Å². The lowest BCUT2D eigenvalue weighted by molar-refractivity contribution is -0.324. The molecule has 0 aromatic heterocycles. The van der Waals surface area contributed by atoms with Crippen molar-refractivity contribution in [1.82, 2.24) is 0 Å². The molecule has 2 saturated heterocycles. The number of hydrogen-bond acceptors (Lipinski definition) is 14. The molecule has 3 unspecified atom stereocenters. The lowest BCUT2D eigenvalue weighted by Crippen LogP contribution is -2.29. The Labute approximate surface area is 279 Å². The van der Waals surface area contributed by atoms with E-state index in [-0.39, 0.29) is 13.2 Å². The largest absolute Gasteiger partial charge is 0.458 e. The minimum atomic E-state index is -0.596. The van der Waals surface area contributed by atoms with Gasteiger partial charge in [-0.15, -0.1) is 58.8 Å². The van der Waals surface area contributed by atoms with Crippen molar-refractivity contribution >= 4 is 88.5 Å². The SMILES string of the molecule is C=CC(=O)OC(COC(=O)c1ccccc1COOC(SCCC1SCCS1)C(C)OC(=O)C=C)CSCC1SCCS1. The number of hydrogen-bond donors (Lipinski definition) is 0. The number of esters is 3. The highest BCUT2D eigenvalue weighted by molar-refractivity contribution is 8.21. The van der Waals surface area contributed by atoms with Crippen LogP contribution in [0.1, 0.15) is 29.3 Å². The molecule has 0 aliphatic carbocycles. The van der Waals surface area contributed by atoms with Crippen LogP contribution in [0, 0.1) is 0 Å². The van der Waals surface area contributed by atoms with E-state index >= 15 is 0 Å². The molecule has 2 fully saturated rings. The number of benzene rings is 1. The fourth-order valence-electron chi connectivity index (χ4n) is 3.77. The van der Waals surface area contributed by atoms with Crippen molar-refractivity contribution in [1.29, 1.82) is 0 Å². The Morgan fingerprint density at radius 1 is 0.977 bits per heavy atom. The van der Waals surface area contributed by atoms with E-state index in [0.717, 1.165) is 53.1 Å². The molecule has 0 N–H and O–H groups in total. The predicted molar refractivity (Wildman–Crippen MR) is 184 cm³/mol. The predicted octanol–water partition coefficient (Wildman–Crippen LogP) is 6.30. The lowest BCUT2D eigenvalue weighted by Gasteiger charge is -2.23. The molecule has 1 aromatic rings. The molecule has 1 aromatic carbocycles. The van der Waals surface area contributed by atoms with Gasteiger partial charge in [0.15, 0.2) is 5.44 Å². The summed E-state index contributed by atoms with van der Waals surface area (Å²) in [5, 5.41) is 0. The van der Waals surface area contributed by atoms with Gasteiger partial charge in [-0.3, -0.25) is 0 Å². The molecule has 2 aliphatic heterocycles. The van der Waals surface area contributed by atoms with Crippen LogP contribution in [0.15, 0.2) is 49.6 Å². The summed E-state index contributed by atoms with van der Waals surface area (Å²) in [4.78, 5) is 48.0. The summed E-state index contributed by atoms with van der Waals surface area (Å²) in [6.07, 6.45) is 2.03. The Kier molecular flexibility index (Phi) is 17.9. The molecule has 14 heteroatoms. The average molecular weight is 707 g/mol. The Bertz CT molecular complexity index is 1050. The zero-order valence-corrected chi connectivity index (χ0v) is 29.0. The first-order valence-corrected chi connectivity index (χ1v) is 20.1. The summed E-state index contributed by atoms with van der Waals surface area (Å²) in [5.41, 5.74) is 0.310. The van der Waals surface area contributed by atoms with Crippen LogP contribution in [0.5, 0.6) is 0 Å². The van der Waals surface area contributed by atoms with Crippen molar-refractivity contribution in [2.24, 2.45) is 0 Å². The molecule has 2 aliphatic rings. The number of thioether (sulfide) groups is 6. The zero-order valence-electron chi connectivity index (χ0n) is 24.1. The van der Waals surface area contributed by atoms with Crippen LogP contribution in [-0.2, 0) is 40.2 Å². The Hall–Kier alpha value is -0.870. The van der Waals surface area contributed by atoms with Crippen molar-refractivity contribution in [3.63, 3.8) is 0 Å². The van der Waals surface area contributed by atoms with Crippen LogP contribution in [0.4, 0.5) is 0 Å². The summed E-state index contributed by atoms with van der Waals surface area (Å²) in [7, 11) is 0. The number of rotatable bonds is 20. The van der Waals surface area contributed by atoms with Gasteiger partial charge in [0.05, 0.1) is 14.7 Å². The second kappa shape index (κ2) is 21.0. The summed E-state index contributed by atoms with van der Waals surface area (Å²) < 4.78 is 17.5. The maximum atomic E-state index is 13.1. The van der Waals surface area contributed by atoms with Gasteiger partial charge in [0.25, 0.3) is 0 Å². The van der Waals surface area contributed by atoms with E-state index in [0.29, 0.717) is 26.0 Å². The first-order chi connectivity index (χ1) is 20.9. The molecule has 0 spiro atoms. The standard InChI is InChI=1S/C29H38O8S6/c1-4-24(30)35-20(3)29(43-11-10-26-39-12-13-40-26)37-34-16-21-8-6-7-9-23(21)28(32)33-17-22(36-25(31)5-2)18-38-19-27-41-14-15-42-27/h4-9,20,22,26-27,29H,1-2,10-19H2,3H3. The number of carbonyl (C=O) groups is 3. The molecule has 3 atom stereocenters. The van der Waals surface area contributed by atoms with E-state index in [1.54, 1.807) is 43.0 Å². The molecule has 3 rings (SSSR count). The highest BCUT2D eigenvalue weighted by Crippen LogP contribution is 2.36. The van der Waals surface area contributed by atoms with Gasteiger partial charge in [0.1, 0.15) is 25.4 Å². The van der Waals surface area contributed by atoms with Gasteiger partial charge in [-0.1, -0.05) is 31.4 Å². The molecule has 0 saturated carbocycles. The third kappa shape index (κ3) is 14.0. The van der Waals surface area contributed by atoms with Gasteiger partial charge >= 0.3 is 17.9 Å². The van der Waals surface area contributed by atoms with E-state index in [4.69, 9.17) is 24.0 Å². The minimum absolute atomic E-state index is 0.0275. The van der Waals surface area contributed by atoms with Gasteiger partial charge in [-0.2, -0.15) is 11.8 Å². The molecule has 0 amide bonds. The molecule has 238 valence electrons. The second-order valence-electron chi connectivity index (χ2n) is 9.13. The van der Waals surface area contributed by atoms with E-state index < -0.39 is 35.6 Å². The summed E-state index contributed by atoms with van der Waals surface area (Å²) in [6, 6.07) is 6.92. The highest BCUT2D eigenvalue weighted by atomic mass is 32.2. The summed E-state index contributed by atoms with van der Waals surface area (Å²) in [5.74, 6) is 5.22. The minimum Gasteiger partial charge on any atom is -0.458 e. The van der Waals surface area contributed by atoms with E-state index in [1.807, 2.05) is 47.0 Å². The third-order valence-corrected chi connectivity index (χ3v) is 15.0. The van der Waals surface area contributed by atoms with Crippen LogP contribution >= 0.6 is 70.6 Å². The monoisotopic (exact) mass is 706 g/mol. The summed E-state index contributed by atoms with van der Waals surface area (Å²) in [6.45, 7) is 8.55. The van der Waals surface area contributed by atoms with Crippen molar-refractivity contribution in [2.75, 3.05) is 46.9 Å². The first-order valence-electron chi connectivity index (χ1n) is 13.7. The van der Waals surface area contributed by atoms with Crippen molar-refractivity contribution in [3.05, 3.63) is 60.7 Å². The molecule has 0 bridgehead atoms. The maximum Gasteiger partial charge on any atom is 0.338 e. The second-order valence-corrected chi connectivity index (χ2v) is 17.3. The lowest BCUT2D eigenvalue weighted by atomic mass is 10.1. The van der Waals surface area contributed by atoms with E-state index in [9.17, 15) is 14.4 Å². The molecular weight excluding hydrogens is 669 g/mol. The first kappa shape index (κ1) is 36.6. The Morgan fingerprint density at radius 2 is 1.63 bits per heavy atom. The van der Waals surface area contributed by atoms with Gasteiger partial charge in [0, 0.05) is 46.7 Å². The Morgan fingerprint density at radius 3 is 2.33 bits per heavy atom. The number of carbonyl (C=O) groups excluding carboxylic acids is 3. The van der Waals surface area contributed by atoms with Gasteiger partial charge in [0.2, 0.25) is 0 Å². The van der Waals surface area contributed by atoms with Gasteiger partial charge in [-0.05, 0) is 30.7 Å². The highest BCUT2D eigenvalue weighted by Gasteiger charge is 2.26. The molecular formula is C29H38O8S6. The van der Waals surface area contributed by atoms with Crippen molar-refractivity contribution in [3.8, 4) is 0 Å². The van der Waals surface area contributed by atoms with Crippen LogP contribution in [0.25, 0.3) is 0 Å². The number of ether oxygens (including phenoxy) is 3. The van der Waals surface area contributed by atoms with Crippen LogP contribution in [-0.4, -0.2) is 91.6 Å². The fraction of sp³-hybridized carbons (Fsp3) is 0.552. The fourth-order valence-corrected chi connectivity index (χ4v) is 12.3. The zero-order chi connectivity index (χ0) is 30.9. The topological polar surface area (TPSA) is 97.4 Å². The van der Waals surface area contributed by atoms with E-state index in [1.165, 1.54) is 11.8 Å². The smallest absolute Gasteiger partial charge is 0.338 e. The molecule has 8 nitrogen and oxygen atoms in total. The summed E-state index contributed by atoms with van der Waals surface area (Å²) >= 11 is 11.0. The van der Waals surface area contributed by atoms with Crippen LogP contribution in [0.2, 0.25) is 0 Å². The average Bonchev–Trinajstić information content (AvgIpc) is 3.73. The van der Waals surface area contributed by atoms with Crippen molar-refractivity contribution < 1.29 is 38.4 Å². The maximum absolute atomic E-state index is 13.1. The third-order valence-electron chi connectivity index (χ3n) is 5.89. The molecule has 2 heterocycles. The van der Waals surface area contributed by atoms with Gasteiger partial charge in [-0.25, -0.2) is 24.2 Å². The normalized spacial score (nSPS) is 17.6. The van der Waals surface area contributed by atoms with Crippen LogP contribution < -0.4 is 0 Å². The van der Waals surface area contributed by atoms with Crippen molar-refractivity contribution in [2.45, 2.75) is 46.8 Å². The molecule has 43 heavy (non-hydrogen) atoms. The quantitative estimate of drug-likeness (QED) is 0.0379. The van der Waals surface area contributed by atoms with E-state index in [2.05, 4.69) is 13.2 Å². The van der Waals surface area contributed by atoms with Crippen LogP contribution in [0.3, 0.4) is 0 Å².